The molecule has 12 heteroatoms. The zero-order valence-corrected chi connectivity index (χ0v) is 18.1. The molecule has 0 saturated carbocycles. The quantitative estimate of drug-likeness (QED) is 0.453. The Hall–Kier alpha value is -3.93. The number of aliphatic hydroxyl groups is 1. The fraction of sp³-hybridized carbons (Fsp3) is 0.261. The normalized spacial score (nSPS) is 18.9. The van der Waals surface area contributed by atoms with E-state index >= 15 is 0 Å². The number of furan rings is 1. The molecule has 2 aromatic heterocycles. The van der Waals surface area contributed by atoms with E-state index < -0.39 is 47.1 Å². The molecule has 0 saturated heterocycles. The molecule has 4 N–H and O–H groups in total. The van der Waals surface area contributed by atoms with Gasteiger partial charge in [0.05, 0.1) is 24.1 Å². The number of fused-ring (bicyclic) bond motifs is 1. The van der Waals surface area contributed by atoms with Gasteiger partial charge in [0.1, 0.15) is 35.5 Å². The highest BCUT2D eigenvalue weighted by molar-refractivity contribution is 5.93. The minimum atomic E-state index is -5.30. The van der Waals surface area contributed by atoms with Crippen molar-refractivity contribution < 1.29 is 41.4 Å². The number of primary amides is 1. The lowest BCUT2D eigenvalue weighted by Crippen LogP contribution is -2.51. The number of aromatic nitrogens is 1. The number of halogens is 4. The first-order valence-corrected chi connectivity index (χ1v) is 10.2. The molecule has 8 nitrogen and oxygen atoms in total. The minimum Gasteiger partial charge on any atom is -0.489 e. The van der Waals surface area contributed by atoms with Crippen LogP contribution >= 0.6 is 0 Å². The molecule has 3 heterocycles. The lowest BCUT2D eigenvalue weighted by Gasteiger charge is -2.31. The van der Waals surface area contributed by atoms with Crippen LogP contribution in [0.25, 0.3) is 11.3 Å². The van der Waals surface area contributed by atoms with E-state index in [4.69, 9.17) is 14.9 Å². The van der Waals surface area contributed by atoms with Crippen LogP contribution in [0.15, 0.2) is 53.3 Å². The molecule has 4 rings (SSSR count). The summed E-state index contributed by atoms with van der Waals surface area (Å²) in [5.74, 6) is -2.42. The van der Waals surface area contributed by atoms with Crippen molar-refractivity contribution in [1.82, 2.24) is 10.3 Å². The van der Waals surface area contributed by atoms with E-state index in [0.717, 1.165) is 30.7 Å². The van der Waals surface area contributed by atoms with Crippen molar-refractivity contribution in [2.45, 2.75) is 24.1 Å². The Kier molecular flexibility index (Phi) is 5.79. The largest absolute Gasteiger partial charge is 0.489 e. The Morgan fingerprint density at radius 1 is 1.23 bits per heavy atom. The van der Waals surface area contributed by atoms with Crippen molar-refractivity contribution in [3.63, 3.8) is 0 Å². The molecule has 0 radical (unpaired) electrons. The van der Waals surface area contributed by atoms with Gasteiger partial charge >= 0.3 is 6.18 Å². The number of pyridine rings is 1. The summed E-state index contributed by atoms with van der Waals surface area (Å²) < 4.78 is 66.5. The maximum Gasteiger partial charge on any atom is 0.424 e. The number of benzene rings is 1. The topological polar surface area (TPSA) is 128 Å². The SMILES string of the molecule is C[C@]1(C(N)=O)COc2c1cc(C(O)(CNC(=O)c1ccoc1)C(F)(F)F)nc2-c1ccc(F)cc1. The number of alkyl halides is 3. The van der Waals surface area contributed by atoms with Crippen LogP contribution in [-0.2, 0) is 15.8 Å². The highest BCUT2D eigenvalue weighted by atomic mass is 19.4. The molecule has 1 aromatic carbocycles. The van der Waals surface area contributed by atoms with Crippen LogP contribution in [0.4, 0.5) is 17.6 Å². The van der Waals surface area contributed by atoms with Crippen LogP contribution in [0.1, 0.15) is 28.5 Å². The van der Waals surface area contributed by atoms with Gasteiger partial charge in [-0.2, -0.15) is 13.2 Å². The molecule has 2 atom stereocenters. The van der Waals surface area contributed by atoms with E-state index in [1.807, 2.05) is 5.32 Å². The third-order valence-corrected chi connectivity index (χ3v) is 5.91. The van der Waals surface area contributed by atoms with E-state index in [1.165, 1.54) is 25.1 Å². The van der Waals surface area contributed by atoms with Gasteiger partial charge in [0.25, 0.3) is 5.91 Å². The van der Waals surface area contributed by atoms with Crippen LogP contribution in [0.3, 0.4) is 0 Å². The number of ether oxygens (including phenoxy) is 1. The van der Waals surface area contributed by atoms with Gasteiger partial charge in [0, 0.05) is 11.1 Å². The highest BCUT2D eigenvalue weighted by Crippen LogP contribution is 2.47. The van der Waals surface area contributed by atoms with Gasteiger partial charge in [-0.3, -0.25) is 9.59 Å². The molecule has 0 fully saturated rings. The van der Waals surface area contributed by atoms with Crippen molar-refractivity contribution in [1.29, 1.82) is 0 Å². The number of carbonyl (C=O) groups is 2. The smallest absolute Gasteiger partial charge is 0.424 e. The van der Waals surface area contributed by atoms with Crippen molar-refractivity contribution in [2.75, 3.05) is 13.2 Å². The van der Waals surface area contributed by atoms with E-state index in [-0.39, 0.29) is 34.7 Å². The molecule has 1 unspecified atom stereocenters. The highest BCUT2D eigenvalue weighted by Gasteiger charge is 2.57. The first-order valence-electron chi connectivity index (χ1n) is 10.2. The van der Waals surface area contributed by atoms with E-state index in [1.54, 1.807) is 0 Å². The molecule has 0 aliphatic carbocycles. The minimum absolute atomic E-state index is 0.0198. The molecular weight excluding hydrogens is 474 g/mol. The molecular formula is C23H19F4N3O5. The van der Waals surface area contributed by atoms with Crippen LogP contribution in [0, 0.1) is 5.82 Å². The maximum absolute atomic E-state index is 14.2. The number of nitrogens with one attached hydrogen (secondary N) is 1. The molecule has 184 valence electrons. The second-order valence-electron chi connectivity index (χ2n) is 8.28. The summed E-state index contributed by atoms with van der Waals surface area (Å²) in [5, 5.41) is 12.9. The molecule has 1 aliphatic heterocycles. The predicted molar refractivity (Wildman–Crippen MR) is 113 cm³/mol. The van der Waals surface area contributed by atoms with Crippen LogP contribution in [-0.4, -0.2) is 41.2 Å². The van der Waals surface area contributed by atoms with Crippen molar-refractivity contribution in [3.05, 3.63) is 71.6 Å². The summed E-state index contributed by atoms with van der Waals surface area (Å²) in [6.45, 7) is -0.200. The van der Waals surface area contributed by atoms with Crippen LogP contribution < -0.4 is 15.8 Å². The lowest BCUT2D eigenvalue weighted by molar-refractivity contribution is -0.265. The van der Waals surface area contributed by atoms with Gasteiger partial charge in [-0.1, -0.05) is 0 Å². The average Bonchev–Trinajstić information content (AvgIpc) is 3.46. The molecule has 3 aromatic rings. The Balaban J connectivity index is 1.87. The Morgan fingerprint density at radius 3 is 2.49 bits per heavy atom. The number of amides is 2. The molecule has 0 bridgehead atoms. The first kappa shape index (κ1) is 24.2. The van der Waals surface area contributed by atoms with Gasteiger partial charge in [-0.05, 0) is 43.3 Å². The second kappa shape index (κ2) is 8.38. The van der Waals surface area contributed by atoms with Gasteiger partial charge in [-0.15, -0.1) is 0 Å². The molecule has 0 spiro atoms. The Morgan fingerprint density at radius 2 is 1.91 bits per heavy atom. The molecule has 2 amide bonds. The lowest BCUT2D eigenvalue weighted by atomic mass is 9.81. The van der Waals surface area contributed by atoms with Crippen LogP contribution in [0.2, 0.25) is 0 Å². The van der Waals surface area contributed by atoms with Gasteiger partial charge in [0.15, 0.2) is 0 Å². The Bertz CT molecular complexity index is 1280. The summed E-state index contributed by atoms with van der Waals surface area (Å²) in [7, 11) is 0. The molecule has 35 heavy (non-hydrogen) atoms. The number of hydrogen-bond donors (Lipinski definition) is 3. The van der Waals surface area contributed by atoms with Gasteiger partial charge < -0.3 is 25.3 Å². The summed E-state index contributed by atoms with van der Waals surface area (Å²) >= 11 is 0. The van der Waals surface area contributed by atoms with E-state index in [0.29, 0.717) is 0 Å². The fourth-order valence-electron chi connectivity index (χ4n) is 3.64. The first-order chi connectivity index (χ1) is 16.4. The number of hydrogen-bond acceptors (Lipinski definition) is 6. The monoisotopic (exact) mass is 493 g/mol. The van der Waals surface area contributed by atoms with Crippen molar-refractivity contribution in [2.24, 2.45) is 5.73 Å². The van der Waals surface area contributed by atoms with Gasteiger partial charge in [-0.25, -0.2) is 9.37 Å². The second-order valence-corrected chi connectivity index (χ2v) is 8.28. The predicted octanol–water partition coefficient (Wildman–Crippen LogP) is 2.80. The molecule has 1 aliphatic rings. The number of rotatable bonds is 6. The van der Waals surface area contributed by atoms with E-state index in [9.17, 15) is 32.3 Å². The number of nitrogens with zero attached hydrogens (tertiary/aromatic N) is 1. The van der Waals surface area contributed by atoms with Crippen LogP contribution in [0.5, 0.6) is 5.75 Å². The maximum atomic E-state index is 14.2. The van der Waals surface area contributed by atoms with Crippen molar-refractivity contribution in [3.8, 4) is 17.0 Å². The van der Waals surface area contributed by atoms with Gasteiger partial charge in [0.2, 0.25) is 11.5 Å². The zero-order valence-electron chi connectivity index (χ0n) is 18.1. The summed E-state index contributed by atoms with van der Waals surface area (Å²) in [6, 6.07) is 6.78. The average molecular weight is 493 g/mol. The Labute approximate surface area is 195 Å². The summed E-state index contributed by atoms with van der Waals surface area (Å²) in [4.78, 5) is 28.4. The standard InChI is InChI=1S/C23H19F4N3O5/c1-21(20(28)32)11-35-18-15(21)8-16(30-17(18)12-2-4-14(24)5-3-12)22(33,23(25,26)27)10-29-19(31)13-6-7-34-9-13/h2-9,33H,10-11H2,1H3,(H2,28,32)(H,29,31)/t21-,22?/m0/s1. The third kappa shape index (κ3) is 4.09. The third-order valence-electron chi connectivity index (χ3n) is 5.91. The number of nitrogens with two attached hydrogens (primary N) is 1. The summed E-state index contributed by atoms with van der Waals surface area (Å²) in [6.07, 6.45) is -3.12. The number of carbonyl (C=O) groups excluding carboxylic acids is 2. The fourth-order valence-corrected chi connectivity index (χ4v) is 3.64. The summed E-state index contributed by atoms with van der Waals surface area (Å²) in [5.41, 5.74) is -0.674. The van der Waals surface area contributed by atoms with Crippen molar-refractivity contribution >= 4 is 11.8 Å². The van der Waals surface area contributed by atoms with E-state index in [2.05, 4.69) is 4.98 Å². The zero-order chi connectivity index (χ0) is 25.6.